The molecule has 20 heavy (non-hydrogen) atoms. The van der Waals surface area contributed by atoms with Crippen molar-refractivity contribution >= 4 is 5.84 Å². The highest BCUT2D eigenvalue weighted by molar-refractivity contribution is 5.97. The largest absolute Gasteiger partial charge is 0.409 e. The fourth-order valence-corrected chi connectivity index (χ4v) is 2.67. The van der Waals surface area contributed by atoms with Gasteiger partial charge in [-0.2, -0.15) is 0 Å². The first kappa shape index (κ1) is 14.8. The van der Waals surface area contributed by atoms with Crippen molar-refractivity contribution in [3.8, 4) is 0 Å². The Balaban J connectivity index is 1.99. The predicted octanol–water partition coefficient (Wildman–Crippen LogP) is 1.78. The van der Waals surface area contributed by atoms with Gasteiger partial charge in [0.15, 0.2) is 5.84 Å². The lowest BCUT2D eigenvalue weighted by molar-refractivity contribution is 0.00363. The zero-order chi connectivity index (χ0) is 14.4. The molecule has 1 atom stereocenters. The van der Waals surface area contributed by atoms with E-state index in [0.29, 0.717) is 6.10 Å². The number of hydrogen-bond donors (Lipinski definition) is 2. The molecule has 0 aliphatic carbocycles. The van der Waals surface area contributed by atoms with E-state index in [1.54, 1.807) is 0 Å². The topological polar surface area (TPSA) is 71.1 Å². The SMILES string of the molecule is CCOC1CCCN(Cc2cccc(C(N)=NO)c2)C1. The molecule has 1 heterocycles. The highest BCUT2D eigenvalue weighted by Gasteiger charge is 2.20. The van der Waals surface area contributed by atoms with E-state index in [1.807, 2.05) is 25.1 Å². The number of rotatable bonds is 5. The van der Waals surface area contributed by atoms with Gasteiger partial charge < -0.3 is 15.7 Å². The van der Waals surface area contributed by atoms with Crippen LogP contribution < -0.4 is 5.73 Å². The molecular weight excluding hydrogens is 254 g/mol. The van der Waals surface area contributed by atoms with Gasteiger partial charge in [-0.1, -0.05) is 23.4 Å². The van der Waals surface area contributed by atoms with E-state index < -0.39 is 0 Å². The minimum Gasteiger partial charge on any atom is -0.409 e. The average Bonchev–Trinajstić information content (AvgIpc) is 2.47. The van der Waals surface area contributed by atoms with E-state index in [9.17, 15) is 0 Å². The van der Waals surface area contributed by atoms with Crippen LogP contribution in [0, 0.1) is 0 Å². The Hall–Kier alpha value is -1.59. The van der Waals surface area contributed by atoms with Crippen LogP contribution in [0.5, 0.6) is 0 Å². The predicted molar refractivity (Wildman–Crippen MR) is 78.9 cm³/mol. The number of amidine groups is 1. The van der Waals surface area contributed by atoms with Crippen molar-refractivity contribution < 1.29 is 9.94 Å². The van der Waals surface area contributed by atoms with E-state index in [4.69, 9.17) is 15.7 Å². The maximum atomic E-state index is 8.73. The maximum absolute atomic E-state index is 8.73. The number of ether oxygens (including phenoxy) is 1. The lowest BCUT2D eigenvalue weighted by Crippen LogP contribution is -2.39. The molecule has 1 unspecified atom stereocenters. The molecule has 0 bridgehead atoms. The second-order valence-electron chi connectivity index (χ2n) is 5.14. The quantitative estimate of drug-likeness (QED) is 0.372. The van der Waals surface area contributed by atoms with Crippen molar-refractivity contribution in [1.82, 2.24) is 4.90 Å². The summed E-state index contributed by atoms with van der Waals surface area (Å²) in [5, 5.41) is 11.8. The third kappa shape index (κ3) is 3.95. The van der Waals surface area contributed by atoms with Gasteiger partial charge in [-0.05, 0) is 37.9 Å². The van der Waals surface area contributed by atoms with Crippen LogP contribution in [0.4, 0.5) is 0 Å². The van der Waals surface area contributed by atoms with Crippen molar-refractivity contribution in [3.05, 3.63) is 35.4 Å². The van der Waals surface area contributed by atoms with Crippen molar-refractivity contribution in [1.29, 1.82) is 0 Å². The molecule has 2 rings (SSSR count). The van der Waals surface area contributed by atoms with Crippen molar-refractivity contribution in [2.24, 2.45) is 10.9 Å². The third-order valence-corrected chi connectivity index (χ3v) is 3.60. The molecule has 1 aromatic carbocycles. The number of hydrogen-bond acceptors (Lipinski definition) is 4. The fourth-order valence-electron chi connectivity index (χ4n) is 2.67. The van der Waals surface area contributed by atoms with Gasteiger partial charge in [0.05, 0.1) is 6.10 Å². The zero-order valence-electron chi connectivity index (χ0n) is 12.0. The standard InChI is InChI=1S/C15H23N3O2/c1-2-20-14-7-4-8-18(11-14)10-12-5-3-6-13(9-12)15(16)17-19/h3,5-6,9,14,19H,2,4,7-8,10-11H2,1H3,(H2,16,17). The summed E-state index contributed by atoms with van der Waals surface area (Å²) in [4.78, 5) is 2.40. The lowest BCUT2D eigenvalue weighted by atomic mass is 10.1. The first-order chi connectivity index (χ1) is 9.72. The summed E-state index contributed by atoms with van der Waals surface area (Å²) in [5.74, 6) is 0.151. The number of nitrogens with two attached hydrogens (primary N) is 1. The van der Waals surface area contributed by atoms with Crippen LogP contribution >= 0.6 is 0 Å². The summed E-state index contributed by atoms with van der Waals surface area (Å²) < 4.78 is 5.72. The van der Waals surface area contributed by atoms with Crippen molar-refractivity contribution in [2.45, 2.75) is 32.4 Å². The van der Waals surface area contributed by atoms with Gasteiger partial charge in [0, 0.05) is 25.3 Å². The van der Waals surface area contributed by atoms with Gasteiger partial charge in [0.25, 0.3) is 0 Å². The van der Waals surface area contributed by atoms with E-state index in [1.165, 1.54) is 12.0 Å². The van der Waals surface area contributed by atoms with Crippen LogP contribution in [0.25, 0.3) is 0 Å². The molecule has 1 aliphatic heterocycles. The maximum Gasteiger partial charge on any atom is 0.170 e. The molecule has 0 saturated carbocycles. The smallest absolute Gasteiger partial charge is 0.170 e. The molecule has 1 fully saturated rings. The second kappa shape index (κ2) is 7.26. The molecule has 1 aliphatic rings. The van der Waals surface area contributed by atoms with Gasteiger partial charge in [-0.15, -0.1) is 0 Å². The minimum atomic E-state index is 0.151. The van der Waals surface area contributed by atoms with E-state index >= 15 is 0 Å². The first-order valence-electron chi connectivity index (χ1n) is 7.13. The Morgan fingerprint density at radius 2 is 2.40 bits per heavy atom. The Kier molecular flexibility index (Phi) is 5.38. The van der Waals surface area contributed by atoms with E-state index in [-0.39, 0.29) is 5.84 Å². The average molecular weight is 277 g/mol. The van der Waals surface area contributed by atoms with Crippen LogP contribution in [0.1, 0.15) is 30.9 Å². The van der Waals surface area contributed by atoms with Crippen LogP contribution in [0.2, 0.25) is 0 Å². The van der Waals surface area contributed by atoms with E-state index in [2.05, 4.69) is 16.1 Å². The molecule has 0 radical (unpaired) electrons. The molecule has 5 heteroatoms. The summed E-state index contributed by atoms with van der Waals surface area (Å²) in [5.41, 5.74) is 7.55. The minimum absolute atomic E-state index is 0.151. The van der Waals surface area contributed by atoms with Gasteiger partial charge in [0.2, 0.25) is 0 Å². The van der Waals surface area contributed by atoms with Crippen LogP contribution in [0.15, 0.2) is 29.4 Å². The molecule has 1 saturated heterocycles. The Labute approximate surface area is 120 Å². The molecule has 0 spiro atoms. The number of nitrogens with zero attached hydrogens (tertiary/aromatic N) is 2. The number of oxime groups is 1. The third-order valence-electron chi connectivity index (χ3n) is 3.60. The lowest BCUT2D eigenvalue weighted by Gasteiger charge is -2.32. The van der Waals surface area contributed by atoms with Gasteiger partial charge in [0.1, 0.15) is 0 Å². The van der Waals surface area contributed by atoms with Crippen molar-refractivity contribution in [2.75, 3.05) is 19.7 Å². The highest BCUT2D eigenvalue weighted by Crippen LogP contribution is 2.16. The summed E-state index contributed by atoms with van der Waals surface area (Å²) in [6.07, 6.45) is 2.67. The van der Waals surface area contributed by atoms with Gasteiger partial charge >= 0.3 is 0 Å². The summed E-state index contributed by atoms with van der Waals surface area (Å²) in [6, 6.07) is 7.82. The molecule has 0 aromatic heterocycles. The molecule has 3 N–H and O–H groups in total. The summed E-state index contributed by atoms with van der Waals surface area (Å²) >= 11 is 0. The normalized spacial score (nSPS) is 21.1. The monoisotopic (exact) mass is 277 g/mol. The van der Waals surface area contributed by atoms with Crippen LogP contribution in [-0.4, -0.2) is 41.7 Å². The zero-order valence-corrected chi connectivity index (χ0v) is 12.0. The molecule has 110 valence electrons. The number of piperidine rings is 1. The van der Waals surface area contributed by atoms with Crippen molar-refractivity contribution in [3.63, 3.8) is 0 Å². The second-order valence-corrected chi connectivity index (χ2v) is 5.14. The fraction of sp³-hybridized carbons (Fsp3) is 0.533. The Morgan fingerprint density at radius 3 is 3.15 bits per heavy atom. The molecule has 0 amide bonds. The van der Waals surface area contributed by atoms with E-state index in [0.717, 1.165) is 38.2 Å². The Bertz CT molecular complexity index is 460. The van der Waals surface area contributed by atoms with Gasteiger partial charge in [-0.25, -0.2) is 0 Å². The number of likely N-dealkylation sites (tertiary alicyclic amines) is 1. The highest BCUT2D eigenvalue weighted by atomic mass is 16.5. The Morgan fingerprint density at radius 1 is 1.55 bits per heavy atom. The number of benzene rings is 1. The molecular formula is C15H23N3O2. The van der Waals surface area contributed by atoms with Crippen LogP contribution in [0.3, 0.4) is 0 Å². The summed E-state index contributed by atoms with van der Waals surface area (Å²) in [7, 11) is 0. The van der Waals surface area contributed by atoms with Gasteiger partial charge in [-0.3, -0.25) is 4.90 Å². The van der Waals surface area contributed by atoms with Crippen LogP contribution in [-0.2, 0) is 11.3 Å². The molecule has 5 nitrogen and oxygen atoms in total. The summed E-state index contributed by atoms with van der Waals surface area (Å²) in [6.45, 7) is 5.76. The molecule has 1 aromatic rings. The first-order valence-corrected chi connectivity index (χ1v) is 7.13.